The number of carbonyl (C=O) groups is 1. The number of ketones is 1. The normalized spacial score (nSPS) is 15.6. The summed E-state index contributed by atoms with van der Waals surface area (Å²) >= 11 is 6.07. The molecule has 32 heavy (non-hydrogen) atoms. The minimum Gasteiger partial charge on any atom is -0.497 e. The van der Waals surface area contributed by atoms with Gasteiger partial charge in [-0.2, -0.15) is 5.10 Å². The largest absolute Gasteiger partial charge is 0.497 e. The Morgan fingerprint density at radius 2 is 1.84 bits per heavy atom. The molecule has 0 amide bonds. The van der Waals surface area contributed by atoms with Gasteiger partial charge in [-0.3, -0.25) is 4.79 Å². The summed E-state index contributed by atoms with van der Waals surface area (Å²) in [6.07, 6.45) is 2.85. The van der Waals surface area contributed by atoms with E-state index >= 15 is 0 Å². The van der Waals surface area contributed by atoms with Crippen molar-refractivity contribution in [1.82, 2.24) is 14.6 Å². The van der Waals surface area contributed by atoms with Crippen LogP contribution in [-0.4, -0.2) is 34.6 Å². The summed E-state index contributed by atoms with van der Waals surface area (Å²) in [5, 5.41) is 5.29. The van der Waals surface area contributed by atoms with E-state index in [1.165, 1.54) is 0 Å². The highest BCUT2D eigenvalue weighted by Crippen LogP contribution is 2.39. The van der Waals surface area contributed by atoms with Crippen molar-refractivity contribution < 1.29 is 14.3 Å². The Morgan fingerprint density at radius 1 is 1.06 bits per heavy atom. The molecule has 1 aliphatic rings. The number of ether oxygens (including phenoxy) is 2. The SMILES string of the molecule is COc1ccc(C2CC(=O)c3cn4nc(C)c(-c5ccc(Cl)cc5)c4nc3C2)c(OC)c1. The second kappa shape index (κ2) is 7.95. The lowest BCUT2D eigenvalue weighted by Gasteiger charge is -2.25. The minimum atomic E-state index is -0.0196. The van der Waals surface area contributed by atoms with Gasteiger partial charge in [-0.05, 0) is 42.7 Å². The van der Waals surface area contributed by atoms with E-state index in [9.17, 15) is 4.79 Å². The molecule has 2 aromatic carbocycles. The van der Waals surface area contributed by atoms with Crippen molar-refractivity contribution >= 4 is 23.0 Å². The molecule has 0 N–H and O–H groups in total. The maximum atomic E-state index is 13.1. The number of halogens is 1. The second-order valence-electron chi connectivity index (χ2n) is 7.97. The van der Waals surface area contributed by atoms with Crippen LogP contribution in [-0.2, 0) is 6.42 Å². The zero-order chi connectivity index (χ0) is 22.4. The number of benzene rings is 2. The molecule has 0 saturated carbocycles. The molecule has 2 heterocycles. The number of hydrogen-bond acceptors (Lipinski definition) is 5. The monoisotopic (exact) mass is 447 g/mol. The van der Waals surface area contributed by atoms with Gasteiger partial charge in [-0.1, -0.05) is 29.8 Å². The quantitative estimate of drug-likeness (QED) is 0.425. The van der Waals surface area contributed by atoms with Crippen molar-refractivity contribution in [2.45, 2.75) is 25.7 Å². The lowest BCUT2D eigenvalue weighted by atomic mass is 9.81. The van der Waals surface area contributed by atoms with Crippen LogP contribution >= 0.6 is 11.6 Å². The summed E-state index contributed by atoms with van der Waals surface area (Å²) in [6.45, 7) is 1.95. The zero-order valence-corrected chi connectivity index (χ0v) is 18.8. The topological polar surface area (TPSA) is 65.7 Å². The van der Waals surface area contributed by atoms with Crippen LogP contribution in [0.15, 0.2) is 48.7 Å². The fraction of sp³-hybridized carbons (Fsp3) is 0.240. The van der Waals surface area contributed by atoms with Crippen LogP contribution in [0.5, 0.6) is 11.5 Å². The third-order valence-corrected chi connectivity index (χ3v) is 6.30. The average Bonchev–Trinajstić information content (AvgIpc) is 3.12. The van der Waals surface area contributed by atoms with Gasteiger partial charge < -0.3 is 9.47 Å². The van der Waals surface area contributed by atoms with Crippen molar-refractivity contribution in [2.24, 2.45) is 0 Å². The molecule has 0 spiro atoms. The van der Waals surface area contributed by atoms with Crippen LogP contribution in [0.25, 0.3) is 16.8 Å². The smallest absolute Gasteiger partial charge is 0.166 e. The average molecular weight is 448 g/mol. The van der Waals surface area contributed by atoms with Crippen LogP contribution in [0.1, 0.15) is 39.6 Å². The highest BCUT2D eigenvalue weighted by atomic mass is 35.5. The number of methoxy groups -OCH3 is 2. The first kappa shape index (κ1) is 20.5. The molecule has 6 nitrogen and oxygen atoms in total. The van der Waals surface area contributed by atoms with Crippen LogP contribution in [0.2, 0.25) is 5.02 Å². The predicted molar refractivity (Wildman–Crippen MR) is 123 cm³/mol. The van der Waals surface area contributed by atoms with Gasteiger partial charge in [0.1, 0.15) is 11.5 Å². The summed E-state index contributed by atoms with van der Waals surface area (Å²) in [6, 6.07) is 13.4. The number of rotatable bonds is 4. The third-order valence-electron chi connectivity index (χ3n) is 6.05. The second-order valence-corrected chi connectivity index (χ2v) is 8.41. The summed E-state index contributed by atoms with van der Waals surface area (Å²) in [5.74, 6) is 1.47. The molecular formula is C25H22ClN3O3. The van der Waals surface area contributed by atoms with Crippen molar-refractivity contribution in [3.05, 3.63) is 76.2 Å². The van der Waals surface area contributed by atoms with E-state index in [0.29, 0.717) is 29.2 Å². The molecule has 7 heteroatoms. The summed E-state index contributed by atoms with van der Waals surface area (Å²) in [7, 11) is 3.25. The van der Waals surface area contributed by atoms with Crippen LogP contribution in [0, 0.1) is 6.92 Å². The van der Waals surface area contributed by atoms with Crippen LogP contribution in [0.3, 0.4) is 0 Å². The number of Topliss-reactive ketones (excluding diaryl/α,β-unsaturated/α-hetero) is 1. The third kappa shape index (κ3) is 3.41. The molecule has 0 fully saturated rings. The van der Waals surface area contributed by atoms with Gasteiger partial charge in [0.05, 0.1) is 31.2 Å². The van der Waals surface area contributed by atoms with E-state index in [1.54, 1.807) is 18.7 Å². The molecule has 1 atom stereocenters. The van der Waals surface area contributed by atoms with Crippen LogP contribution in [0.4, 0.5) is 0 Å². The number of carbonyl (C=O) groups excluding carboxylic acids is 1. The Bertz CT molecular complexity index is 1350. The molecule has 0 radical (unpaired) electrons. The lowest BCUT2D eigenvalue weighted by molar-refractivity contribution is 0.0962. The lowest BCUT2D eigenvalue weighted by Crippen LogP contribution is -2.21. The fourth-order valence-electron chi connectivity index (χ4n) is 4.48. The highest BCUT2D eigenvalue weighted by Gasteiger charge is 2.31. The molecule has 162 valence electrons. The summed E-state index contributed by atoms with van der Waals surface area (Å²) in [4.78, 5) is 18.0. The maximum Gasteiger partial charge on any atom is 0.166 e. The van der Waals surface area contributed by atoms with E-state index in [1.807, 2.05) is 55.6 Å². The zero-order valence-electron chi connectivity index (χ0n) is 18.1. The first-order valence-electron chi connectivity index (χ1n) is 10.4. The van der Waals surface area contributed by atoms with Gasteiger partial charge in [0.2, 0.25) is 0 Å². The Hall–Kier alpha value is -3.38. The van der Waals surface area contributed by atoms with E-state index in [0.717, 1.165) is 39.5 Å². The molecule has 4 aromatic rings. The Morgan fingerprint density at radius 3 is 2.56 bits per heavy atom. The number of fused-ring (bicyclic) bond motifs is 2. The predicted octanol–water partition coefficient (Wildman–Crippen LogP) is 5.29. The van der Waals surface area contributed by atoms with Crippen molar-refractivity contribution in [2.75, 3.05) is 14.2 Å². The molecule has 2 aromatic heterocycles. The number of aryl methyl sites for hydroxylation is 1. The Kier molecular flexibility index (Phi) is 5.10. The van der Waals surface area contributed by atoms with Crippen LogP contribution < -0.4 is 9.47 Å². The van der Waals surface area contributed by atoms with Crippen molar-refractivity contribution in [3.8, 4) is 22.6 Å². The number of hydrogen-bond donors (Lipinski definition) is 0. The summed E-state index contributed by atoms with van der Waals surface area (Å²) < 4.78 is 12.6. The van der Waals surface area contributed by atoms with Gasteiger partial charge in [0, 0.05) is 35.2 Å². The molecule has 0 bridgehead atoms. The highest BCUT2D eigenvalue weighted by molar-refractivity contribution is 6.30. The number of nitrogens with zero attached hydrogens (tertiary/aromatic N) is 3. The maximum absolute atomic E-state index is 13.1. The van der Waals surface area contributed by atoms with Gasteiger partial charge in [0.15, 0.2) is 11.4 Å². The molecule has 5 rings (SSSR count). The van der Waals surface area contributed by atoms with Crippen molar-refractivity contribution in [1.29, 1.82) is 0 Å². The van der Waals surface area contributed by atoms with E-state index < -0.39 is 0 Å². The fourth-order valence-corrected chi connectivity index (χ4v) is 4.60. The molecule has 1 unspecified atom stereocenters. The van der Waals surface area contributed by atoms with Gasteiger partial charge >= 0.3 is 0 Å². The van der Waals surface area contributed by atoms with Gasteiger partial charge in [0.25, 0.3) is 0 Å². The molecule has 0 aliphatic heterocycles. The molecular weight excluding hydrogens is 426 g/mol. The standard InChI is InChI=1S/C25H22ClN3O3/c1-14-24(15-4-6-17(26)7-5-15)25-27-21-10-16(11-22(30)20(21)13-29(25)28-14)19-9-8-18(31-2)12-23(19)32-3/h4-9,12-13,16H,10-11H2,1-3H3. The first-order valence-corrected chi connectivity index (χ1v) is 10.8. The minimum absolute atomic E-state index is 0.0196. The van der Waals surface area contributed by atoms with E-state index in [-0.39, 0.29) is 11.7 Å². The Labute approximate surface area is 190 Å². The van der Waals surface area contributed by atoms with E-state index in [4.69, 9.17) is 26.1 Å². The van der Waals surface area contributed by atoms with Crippen molar-refractivity contribution in [3.63, 3.8) is 0 Å². The number of aromatic nitrogens is 3. The Balaban J connectivity index is 1.60. The molecule has 0 saturated heterocycles. The van der Waals surface area contributed by atoms with Gasteiger partial charge in [-0.25, -0.2) is 9.50 Å². The molecule has 1 aliphatic carbocycles. The van der Waals surface area contributed by atoms with E-state index in [2.05, 4.69) is 5.10 Å². The first-order chi connectivity index (χ1) is 15.5. The summed E-state index contributed by atoms with van der Waals surface area (Å²) in [5.41, 5.74) is 5.92. The van der Waals surface area contributed by atoms with Gasteiger partial charge in [-0.15, -0.1) is 0 Å².